The molecule has 3 aromatic rings. The van der Waals surface area contributed by atoms with E-state index in [9.17, 15) is 4.79 Å². The van der Waals surface area contributed by atoms with E-state index in [0.29, 0.717) is 35.6 Å². The maximum absolute atomic E-state index is 13.5. The van der Waals surface area contributed by atoms with Crippen LogP contribution >= 0.6 is 11.8 Å². The van der Waals surface area contributed by atoms with Gasteiger partial charge in [0, 0.05) is 37.6 Å². The molecule has 2 atom stereocenters. The van der Waals surface area contributed by atoms with E-state index >= 15 is 0 Å². The van der Waals surface area contributed by atoms with Crippen LogP contribution in [0.5, 0.6) is 11.5 Å². The number of benzene rings is 2. The van der Waals surface area contributed by atoms with Crippen LogP contribution in [0.15, 0.2) is 47.6 Å². The van der Waals surface area contributed by atoms with Crippen LogP contribution in [0.25, 0.3) is 11.4 Å². The molecule has 1 amide bonds. The van der Waals surface area contributed by atoms with Crippen molar-refractivity contribution in [2.45, 2.75) is 49.7 Å². The molecule has 9 heteroatoms. The minimum Gasteiger partial charge on any atom is -0.493 e. The third-order valence-electron chi connectivity index (χ3n) is 6.16. The fourth-order valence-electron chi connectivity index (χ4n) is 4.44. The van der Waals surface area contributed by atoms with Crippen molar-refractivity contribution in [1.82, 2.24) is 14.8 Å². The van der Waals surface area contributed by atoms with Crippen molar-refractivity contribution in [3.63, 3.8) is 0 Å². The van der Waals surface area contributed by atoms with E-state index in [0.717, 1.165) is 24.1 Å². The Kier molecular flexibility index (Phi) is 7.97. The normalized spacial score (nSPS) is 15.7. The Morgan fingerprint density at radius 2 is 1.89 bits per heavy atom. The molecule has 1 aliphatic rings. The van der Waals surface area contributed by atoms with Crippen molar-refractivity contribution in [1.29, 1.82) is 0 Å². The highest BCUT2D eigenvalue weighted by Gasteiger charge is 2.34. The summed E-state index contributed by atoms with van der Waals surface area (Å²) in [5.74, 6) is 2.06. The summed E-state index contributed by atoms with van der Waals surface area (Å²) in [5.41, 5.74) is 3.08. The van der Waals surface area contributed by atoms with Gasteiger partial charge in [-0.1, -0.05) is 30.0 Å². The zero-order valence-electron chi connectivity index (χ0n) is 20.9. The number of fused-ring (bicyclic) bond motifs is 1. The second-order valence-electron chi connectivity index (χ2n) is 8.52. The van der Waals surface area contributed by atoms with E-state index in [2.05, 4.69) is 27.8 Å². The molecule has 4 rings (SSSR count). The van der Waals surface area contributed by atoms with Gasteiger partial charge in [-0.25, -0.2) is 0 Å². The third kappa shape index (κ3) is 5.16. The number of amides is 1. The van der Waals surface area contributed by atoms with Gasteiger partial charge in [0.1, 0.15) is 0 Å². The van der Waals surface area contributed by atoms with Gasteiger partial charge in [0.25, 0.3) is 0 Å². The molecule has 0 spiro atoms. The molecular formula is C26H32N4O4S. The Hall–Kier alpha value is -3.04. The Balaban J connectivity index is 1.61. The van der Waals surface area contributed by atoms with E-state index < -0.39 is 0 Å². The summed E-state index contributed by atoms with van der Waals surface area (Å²) in [6.07, 6.45) is 1.66. The summed E-state index contributed by atoms with van der Waals surface area (Å²) in [6, 6.07) is 13.9. The number of rotatable bonds is 10. The predicted octanol–water partition coefficient (Wildman–Crippen LogP) is 4.46. The predicted molar refractivity (Wildman–Crippen MR) is 137 cm³/mol. The van der Waals surface area contributed by atoms with Crippen LogP contribution < -0.4 is 14.4 Å². The molecule has 0 aliphatic carbocycles. The Bertz CT molecular complexity index is 1180. The lowest BCUT2D eigenvalue weighted by Gasteiger charge is -2.25. The molecule has 0 saturated carbocycles. The molecule has 0 bridgehead atoms. The average molecular weight is 497 g/mol. The lowest BCUT2D eigenvalue weighted by molar-refractivity contribution is -0.118. The Morgan fingerprint density at radius 1 is 1.11 bits per heavy atom. The lowest BCUT2D eigenvalue weighted by atomic mass is 10.1. The second-order valence-corrected chi connectivity index (χ2v) is 9.83. The molecule has 2 aromatic carbocycles. The number of nitrogens with zero attached hydrogens (tertiary/aromatic N) is 4. The van der Waals surface area contributed by atoms with Gasteiger partial charge in [-0.15, -0.1) is 10.2 Å². The van der Waals surface area contributed by atoms with E-state index in [1.165, 1.54) is 17.3 Å². The maximum Gasteiger partial charge on any atom is 0.240 e. The number of methoxy groups -OCH3 is 3. The third-order valence-corrected chi connectivity index (χ3v) is 7.23. The number of carbonyl (C=O) groups excluding carboxylic acids is 1. The molecule has 0 N–H and O–H groups in total. The first-order valence-corrected chi connectivity index (χ1v) is 12.6. The van der Waals surface area contributed by atoms with Crippen LogP contribution in [0.4, 0.5) is 5.69 Å². The fourth-order valence-corrected chi connectivity index (χ4v) is 5.36. The first-order chi connectivity index (χ1) is 17.0. The van der Waals surface area contributed by atoms with Crippen molar-refractivity contribution in [3.05, 3.63) is 48.0 Å². The minimum absolute atomic E-state index is 0.0755. The number of aromatic nitrogens is 3. The second kappa shape index (κ2) is 11.1. The highest BCUT2D eigenvalue weighted by Crippen LogP contribution is 2.36. The number of para-hydroxylation sites is 1. The summed E-state index contributed by atoms with van der Waals surface area (Å²) < 4.78 is 18.2. The molecule has 0 radical (unpaired) electrons. The van der Waals surface area contributed by atoms with Gasteiger partial charge < -0.3 is 23.7 Å². The molecule has 35 heavy (non-hydrogen) atoms. The van der Waals surface area contributed by atoms with Gasteiger partial charge in [0.05, 0.1) is 19.5 Å². The van der Waals surface area contributed by atoms with Crippen molar-refractivity contribution in [2.75, 3.05) is 32.8 Å². The Morgan fingerprint density at radius 3 is 2.63 bits per heavy atom. The van der Waals surface area contributed by atoms with Gasteiger partial charge in [-0.2, -0.15) is 0 Å². The summed E-state index contributed by atoms with van der Waals surface area (Å²) in [6.45, 7) is 5.31. The summed E-state index contributed by atoms with van der Waals surface area (Å²) >= 11 is 1.43. The van der Waals surface area contributed by atoms with E-state index in [1.54, 1.807) is 21.3 Å². The van der Waals surface area contributed by atoms with Crippen molar-refractivity contribution >= 4 is 23.4 Å². The van der Waals surface area contributed by atoms with Gasteiger partial charge in [0.15, 0.2) is 22.5 Å². The first-order valence-electron chi connectivity index (χ1n) is 11.7. The van der Waals surface area contributed by atoms with Crippen molar-refractivity contribution in [2.24, 2.45) is 0 Å². The molecule has 1 aliphatic heterocycles. The fraction of sp³-hybridized carbons (Fsp3) is 0.423. The molecule has 0 fully saturated rings. The number of carbonyl (C=O) groups is 1. The zero-order chi connectivity index (χ0) is 24.9. The van der Waals surface area contributed by atoms with Crippen LogP contribution in [0.3, 0.4) is 0 Å². The van der Waals surface area contributed by atoms with Crippen LogP contribution in [0.2, 0.25) is 0 Å². The van der Waals surface area contributed by atoms with Crippen molar-refractivity contribution in [3.8, 4) is 22.9 Å². The Labute approximate surface area is 210 Å². The number of thioether (sulfide) groups is 1. The van der Waals surface area contributed by atoms with Crippen LogP contribution in [0.1, 0.15) is 25.8 Å². The first kappa shape index (κ1) is 25.1. The summed E-state index contributed by atoms with van der Waals surface area (Å²) in [7, 11) is 4.90. The summed E-state index contributed by atoms with van der Waals surface area (Å²) in [4.78, 5) is 15.4. The number of anilines is 1. The van der Waals surface area contributed by atoms with Crippen LogP contribution in [0, 0.1) is 0 Å². The molecule has 2 heterocycles. The number of ether oxygens (including phenoxy) is 3. The monoisotopic (exact) mass is 496 g/mol. The van der Waals surface area contributed by atoms with Crippen molar-refractivity contribution < 1.29 is 19.0 Å². The number of hydrogen-bond acceptors (Lipinski definition) is 7. The van der Waals surface area contributed by atoms with Gasteiger partial charge in [-0.05, 0) is 56.5 Å². The van der Waals surface area contributed by atoms with E-state index in [1.807, 2.05) is 48.2 Å². The highest BCUT2D eigenvalue weighted by atomic mass is 32.2. The molecule has 1 aromatic heterocycles. The quantitative estimate of drug-likeness (QED) is 0.303. The number of hydrogen-bond donors (Lipinski definition) is 0. The molecule has 8 nitrogen and oxygen atoms in total. The summed E-state index contributed by atoms with van der Waals surface area (Å²) in [5, 5.41) is 9.34. The SMILES string of the molecule is COCCCn1c(SC(C)C(=O)N2c3ccccc3CC2C)nnc1-c1ccc(OC)c(OC)c1. The van der Waals surface area contributed by atoms with Gasteiger partial charge in [0.2, 0.25) is 5.91 Å². The molecule has 0 saturated heterocycles. The van der Waals surface area contributed by atoms with Gasteiger partial charge in [-0.3, -0.25) is 4.79 Å². The maximum atomic E-state index is 13.5. The van der Waals surface area contributed by atoms with Crippen LogP contribution in [-0.4, -0.2) is 59.9 Å². The average Bonchev–Trinajstić information content (AvgIpc) is 3.42. The molecule has 186 valence electrons. The van der Waals surface area contributed by atoms with Gasteiger partial charge >= 0.3 is 0 Å². The minimum atomic E-state index is -0.327. The van der Waals surface area contributed by atoms with Crippen LogP contribution in [-0.2, 0) is 22.5 Å². The largest absolute Gasteiger partial charge is 0.493 e. The standard InChI is InChI=1S/C26H32N4O4S/c1-17-15-19-9-6-7-10-21(19)30(17)25(31)18(2)35-26-28-27-24(29(26)13-8-14-32-3)20-11-12-22(33-4)23(16-20)34-5/h6-7,9-12,16-18H,8,13-15H2,1-5H3. The smallest absolute Gasteiger partial charge is 0.240 e. The van der Waals surface area contributed by atoms with E-state index in [-0.39, 0.29) is 17.2 Å². The topological polar surface area (TPSA) is 78.7 Å². The highest BCUT2D eigenvalue weighted by molar-refractivity contribution is 8.00. The van der Waals surface area contributed by atoms with E-state index in [4.69, 9.17) is 14.2 Å². The molecular weight excluding hydrogens is 464 g/mol. The lowest BCUT2D eigenvalue weighted by Crippen LogP contribution is -2.40. The molecule has 2 unspecified atom stereocenters. The zero-order valence-corrected chi connectivity index (χ0v) is 21.7.